The molecular weight excluding hydrogens is 154 g/mol. The SMILES string of the molecule is CC[N+](CC)(CC)CC.NN.[OH-]. The minimum Gasteiger partial charge on any atom is -0.870 e. The summed E-state index contributed by atoms with van der Waals surface area (Å²) in [6.45, 7) is 14.2. The van der Waals surface area contributed by atoms with Gasteiger partial charge < -0.3 is 9.96 Å². The van der Waals surface area contributed by atoms with E-state index in [4.69, 9.17) is 0 Å². The van der Waals surface area contributed by atoms with Gasteiger partial charge in [0.25, 0.3) is 0 Å². The van der Waals surface area contributed by atoms with Crippen molar-refractivity contribution in [2.24, 2.45) is 11.7 Å². The number of nitrogens with zero attached hydrogens (tertiary/aromatic N) is 1. The van der Waals surface area contributed by atoms with Crippen molar-refractivity contribution in [2.45, 2.75) is 27.7 Å². The van der Waals surface area contributed by atoms with Gasteiger partial charge in [0.05, 0.1) is 26.2 Å². The zero-order chi connectivity index (χ0) is 9.33. The zero-order valence-corrected chi connectivity index (χ0v) is 8.88. The molecule has 0 bridgehead atoms. The van der Waals surface area contributed by atoms with Crippen LogP contribution in [0.5, 0.6) is 0 Å². The lowest BCUT2D eigenvalue weighted by molar-refractivity contribution is -0.921. The fourth-order valence-corrected chi connectivity index (χ4v) is 1.34. The maximum absolute atomic E-state index is 4.00. The first kappa shape index (κ1) is 17.8. The quantitative estimate of drug-likeness (QED) is 0.375. The van der Waals surface area contributed by atoms with Gasteiger partial charge in [-0.2, -0.15) is 0 Å². The van der Waals surface area contributed by atoms with Gasteiger partial charge >= 0.3 is 0 Å². The Morgan fingerprint density at radius 2 is 0.917 bits per heavy atom. The number of quaternary nitrogens is 1. The molecule has 0 aliphatic rings. The molecule has 0 aromatic carbocycles. The smallest absolute Gasteiger partial charge is 0.0757 e. The molecule has 0 radical (unpaired) electrons. The van der Waals surface area contributed by atoms with Crippen molar-refractivity contribution in [1.82, 2.24) is 0 Å². The van der Waals surface area contributed by atoms with E-state index in [-0.39, 0.29) is 5.48 Å². The van der Waals surface area contributed by atoms with Crippen LogP contribution in [0.15, 0.2) is 0 Å². The third-order valence-corrected chi connectivity index (χ3v) is 2.68. The molecule has 0 amide bonds. The molecule has 78 valence electrons. The van der Waals surface area contributed by atoms with Crippen LogP contribution in [0.1, 0.15) is 27.7 Å². The monoisotopic (exact) mass is 179 g/mol. The van der Waals surface area contributed by atoms with Gasteiger partial charge in [-0.15, -0.1) is 0 Å². The summed E-state index contributed by atoms with van der Waals surface area (Å²) in [5.41, 5.74) is 0. The minimum atomic E-state index is 0. The van der Waals surface area contributed by atoms with E-state index in [0.717, 1.165) is 0 Å². The van der Waals surface area contributed by atoms with Crippen molar-refractivity contribution in [3.63, 3.8) is 0 Å². The van der Waals surface area contributed by atoms with Gasteiger partial charge in [-0.05, 0) is 27.7 Å². The molecule has 4 nitrogen and oxygen atoms in total. The van der Waals surface area contributed by atoms with Crippen LogP contribution in [0.3, 0.4) is 0 Å². The van der Waals surface area contributed by atoms with Crippen molar-refractivity contribution >= 4 is 0 Å². The molecule has 0 aromatic rings. The fraction of sp³-hybridized carbons (Fsp3) is 1.00. The topological polar surface area (TPSA) is 82.0 Å². The van der Waals surface area contributed by atoms with E-state index in [1.165, 1.54) is 30.7 Å². The van der Waals surface area contributed by atoms with E-state index in [1.807, 2.05) is 0 Å². The van der Waals surface area contributed by atoms with Crippen molar-refractivity contribution in [3.8, 4) is 0 Å². The lowest BCUT2D eigenvalue weighted by Gasteiger charge is -2.34. The Bertz CT molecular complexity index is 57.2. The molecule has 12 heavy (non-hydrogen) atoms. The Labute approximate surface area is 76.4 Å². The number of rotatable bonds is 4. The van der Waals surface area contributed by atoms with E-state index in [9.17, 15) is 0 Å². The largest absolute Gasteiger partial charge is 0.870 e. The molecule has 4 heteroatoms. The number of hydrogen-bond donors (Lipinski definition) is 2. The second kappa shape index (κ2) is 10.8. The number of nitrogens with two attached hydrogens (primary N) is 2. The molecule has 0 saturated heterocycles. The Morgan fingerprint density at radius 3 is 0.917 bits per heavy atom. The molecule has 0 rings (SSSR count). The van der Waals surface area contributed by atoms with Crippen LogP contribution in [-0.2, 0) is 0 Å². The standard InChI is InChI=1S/C8H20N.H4N2.H2O/c1-5-9(6-2,7-3)8-4;1-2;/h5-8H2,1-4H3;1-2H2;1H2/q+1;;/p-1. The molecule has 0 aromatic heterocycles. The average molecular weight is 179 g/mol. The van der Waals surface area contributed by atoms with Crippen molar-refractivity contribution < 1.29 is 9.96 Å². The molecule has 5 N–H and O–H groups in total. The summed E-state index contributed by atoms with van der Waals surface area (Å²) in [7, 11) is 0. The highest BCUT2D eigenvalue weighted by Gasteiger charge is 2.16. The van der Waals surface area contributed by atoms with Gasteiger partial charge in [0.15, 0.2) is 0 Å². The van der Waals surface area contributed by atoms with Gasteiger partial charge in [-0.3, -0.25) is 11.7 Å². The summed E-state index contributed by atoms with van der Waals surface area (Å²) in [5, 5.41) is 0. The summed E-state index contributed by atoms with van der Waals surface area (Å²) < 4.78 is 1.28. The van der Waals surface area contributed by atoms with Gasteiger partial charge in [-0.1, -0.05) is 0 Å². The summed E-state index contributed by atoms with van der Waals surface area (Å²) in [5.74, 6) is 8.00. The first-order chi connectivity index (χ1) is 5.24. The van der Waals surface area contributed by atoms with Crippen molar-refractivity contribution in [1.29, 1.82) is 0 Å². The van der Waals surface area contributed by atoms with Gasteiger partial charge in [-0.25, -0.2) is 0 Å². The molecule has 0 aliphatic heterocycles. The van der Waals surface area contributed by atoms with Gasteiger partial charge in [0.1, 0.15) is 0 Å². The zero-order valence-electron chi connectivity index (χ0n) is 8.88. The summed E-state index contributed by atoms with van der Waals surface area (Å²) in [6, 6.07) is 0. The molecule has 0 aliphatic carbocycles. The first-order valence-corrected chi connectivity index (χ1v) is 4.43. The molecule has 0 atom stereocenters. The van der Waals surface area contributed by atoms with Crippen LogP contribution in [0.4, 0.5) is 0 Å². The third kappa shape index (κ3) is 5.49. The van der Waals surface area contributed by atoms with E-state index >= 15 is 0 Å². The second-order valence-corrected chi connectivity index (χ2v) is 2.61. The molecule has 0 unspecified atom stereocenters. The van der Waals surface area contributed by atoms with Crippen molar-refractivity contribution in [2.75, 3.05) is 26.2 Å². The second-order valence-electron chi connectivity index (χ2n) is 2.61. The number of hydrazine groups is 1. The average Bonchev–Trinajstić information content (AvgIpc) is 2.13. The highest BCUT2D eigenvalue weighted by Crippen LogP contribution is 2.03. The van der Waals surface area contributed by atoms with Gasteiger partial charge in [0.2, 0.25) is 0 Å². The predicted octanol–water partition coefficient (Wildman–Crippen LogP) is 0.525. The maximum Gasteiger partial charge on any atom is 0.0757 e. The Hall–Kier alpha value is -0.160. The lowest BCUT2D eigenvalue weighted by Crippen LogP contribution is -2.47. The van der Waals surface area contributed by atoms with E-state index < -0.39 is 0 Å². The molecule has 0 heterocycles. The van der Waals surface area contributed by atoms with Crippen LogP contribution >= 0.6 is 0 Å². The first-order valence-electron chi connectivity index (χ1n) is 4.43. The lowest BCUT2D eigenvalue weighted by atomic mass is 10.3. The maximum atomic E-state index is 4.00. The highest BCUT2D eigenvalue weighted by molar-refractivity contribution is 4.31. The molecule has 0 fully saturated rings. The van der Waals surface area contributed by atoms with Crippen LogP contribution in [0.2, 0.25) is 0 Å². The molecule has 0 saturated carbocycles. The number of hydrogen-bond acceptors (Lipinski definition) is 3. The minimum absolute atomic E-state index is 0. The Balaban J connectivity index is -0.000000249. The van der Waals surface area contributed by atoms with E-state index in [0.29, 0.717) is 0 Å². The Kier molecular flexibility index (Phi) is 16.1. The van der Waals surface area contributed by atoms with Gasteiger partial charge in [0, 0.05) is 0 Å². The molecular formula is C8H25N3O. The summed E-state index contributed by atoms with van der Waals surface area (Å²) >= 11 is 0. The van der Waals surface area contributed by atoms with E-state index in [1.54, 1.807) is 0 Å². The molecule has 0 spiro atoms. The normalized spacial score (nSPS) is 9.50. The highest BCUT2D eigenvalue weighted by atomic mass is 16.0. The van der Waals surface area contributed by atoms with E-state index in [2.05, 4.69) is 39.4 Å². The van der Waals surface area contributed by atoms with Crippen LogP contribution in [-0.4, -0.2) is 36.1 Å². The Morgan fingerprint density at radius 1 is 0.750 bits per heavy atom. The third-order valence-electron chi connectivity index (χ3n) is 2.68. The van der Waals surface area contributed by atoms with Crippen LogP contribution < -0.4 is 11.7 Å². The van der Waals surface area contributed by atoms with Crippen molar-refractivity contribution in [3.05, 3.63) is 0 Å². The predicted molar refractivity (Wildman–Crippen MR) is 52.7 cm³/mol. The van der Waals surface area contributed by atoms with Crippen LogP contribution in [0, 0.1) is 0 Å². The summed E-state index contributed by atoms with van der Waals surface area (Å²) in [6.07, 6.45) is 0. The van der Waals surface area contributed by atoms with Crippen LogP contribution in [0.25, 0.3) is 0 Å². The summed E-state index contributed by atoms with van der Waals surface area (Å²) in [4.78, 5) is 0. The fourth-order valence-electron chi connectivity index (χ4n) is 1.34.